The van der Waals surface area contributed by atoms with E-state index in [1.807, 2.05) is 0 Å². The number of hydrogen-bond donors (Lipinski definition) is 0. The molecule has 6 unspecified atom stereocenters. The van der Waals surface area contributed by atoms with Gasteiger partial charge in [0.1, 0.15) is 0 Å². The van der Waals surface area contributed by atoms with Gasteiger partial charge in [0, 0.05) is 0 Å². The van der Waals surface area contributed by atoms with Crippen molar-refractivity contribution < 1.29 is 0 Å². The van der Waals surface area contributed by atoms with Crippen LogP contribution in [0.1, 0.15) is 39.0 Å². The van der Waals surface area contributed by atoms with Crippen LogP contribution in [0.4, 0.5) is 0 Å². The van der Waals surface area contributed by atoms with Crippen molar-refractivity contribution in [3.8, 4) is 0 Å². The van der Waals surface area contributed by atoms with E-state index in [2.05, 4.69) is 16.2 Å². The van der Waals surface area contributed by atoms with Gasteiger partial charge in [-0.1, -0.05) is 13.3 Å². The molecule has 13 heavy (non-hydrogen) atoms. The zero-order valence-electron chi connectivity index (χ0n) is 8.63. The molecule has 3 fully saturated rings. The monoisotopic (exact) mass is 196 g/mol. The second-order valence-corrected chi connectivity index (χ2v) is 6.33. The minimum Gasteiger partial charge on any atom is -0.137 e. The van der Waals surface area contributed by atoms with Crippen molar-refractivity contribution in [3.05, 3.63) is 0 Å². The van der Waals surface area contributed by atoms with E-state index in [1.165, 1.54) is 12.6 Å². The van der Waals surface area contributed by atoms with E-state index in [4.69, 9.17) is 0 Å². The number of fused-ring (bicyclic) bond motifs is 5. The highest BCUT2D eigenvalue weighted by Gasteiger charge is 2.57. The van der Waals surface area contributed by atoms with E-state index >= 15 is 0 Å². The molecule has 0 aromatic carbocycles. The minimum absolute atomic E-state index is 0.709. The van der Waals surface area contributed by atoms with Crippen molar-refractivity contribution in [2.45, 2.75) is 39.0 Å². The normalized spacial score (nSPS) is 58.6. The summed E-state index contributed by atoms with van der Waals surface area (Å²) in [5.74, 6) is 4.53. The maximum absolute atomic E-state index is 3.00. The van der Waals surface area contributed by atoms with Crippen LogP contribution >= 0.6 is 9.24 Å². The summed E-state index contributed by atoms with van der Waals surface area (Å²) in [6, 6.07) is 0. The lowest BCUT2D eigenvalue weighted by molar-refractivity contribution is 0.122. The molecule has 3 rings (SSSR count). The molecule has 0 amide bonds. The Morgan fingerprint density at radius 1 is 1.31 bits per heavy atom. The standard InChI is InChI=1S/C12H21P/c1-12(7-13)6-8-5-11(12)10-4-2-3-9(8)10/h8-11H,2-7,13H2,1H3. The smallest absolute Gasteiger partial charge is 0.0257 e. The Morgan fingerprint density at radius 3 is 2.85 bits per heavy atom. The lowest BCUT2D eigenvalue weighted by atomic mass is 9.68. The van der Waals surface area contributed by atoms with Gasteiger partial charge in [-0.3, -0.25) is 0 Å². The Bertz CT molecular complexity index is 225. The molecule has 3 aliphatic rings. The first-order chi connectivity index (χ1) is 6.24. The predicted octanol–water partition coefficient (Wildman–Crippen LogP) is 3.32. The summed E-state index contributed by atoms with van der Waals surface area (Å²) in [4.78, 5) is 0. The highest BCUT2D eigenvalue weighted by molar-refractivity contribution is 7.16. The Kier molecular flexibility index (Phi) is 1.82. The number of hydrogen-bond acceptors (Lipinski definition) is 0. The molecule has 0 saturated heterocycles. The fourth-order valence-corrected chi connectivity index (χ4v) is 5.27. The zero-order chi connectivity index (χ0) is 9.05. The van der Waals surface area contributed by atoms with Crippen LogP contribution in [0.3, 0.4) is 0 Å². The Balaban J connectivity index is 1.89. The molecule has 1 heteroatoms. The molecule has 3 aliphatic carbocycles. The van der Waals surface area contributed by atoms with Crippen LogP contribution in [-0.2, 0) is 0 Å². The third-order valence-corrected chi connectivity index (χ3v) is 6.33. The molecule has 2 bridgehead atoms. The molecule has 74 valence electrons. The third kappa shape index (κ3) is 1.02. The van der Waals surface area contributed by atoms with Gasteiger partial charge in [0.15, 0.2) is 0 Å². The van der Waals surface area contributed by atoms with Gasteiger partial charge in [-0.25, -0.2) is 0 Å². The van der Waals surface area contributed by atoms with Crippen molar-refractivity contribution in [2.24, 2.45) is 29.1 Å². The van der Waals surface area contributed by atoms with Gasteiger partial charge >= 0.3 is 0 Å². The summed E-state index contributed by atoms with van der Waals surface area (Å²) < 4.78 is 0. The zero-order valence-corrected chi connectivity index (χ0v) is 9.78. The average Bonchev–Trinajstić information content (AvgIpc) is 2.72. The molecule has 0 nitrogen and oxygen atoms in total. The van der Waals surface area contributed by atoms with Gasteiger partial charge in [-0.2, -0.15) is 0 Å². The Hall–Kier alpha value is 0.430. The van der Waals surface area contributed by atoms with E-state index in [9.17, 15) is 0 Å². The van der Waals surface area contributed by atoms with Crippen LogP contribution in [0.2, 0.25) is 0 Å². The number of rotatable bonds is 1. The van der Waals surface area contributed by atoms with E-state index in [0.717, 1.165) is 23.7 Å². The minimum atomic E-state index is 0.709. The summed E-state index contributed by atoms with van der Waals surface area (Å²) in [6.45, 7) is 2.54. The van der Waals surface area contributed by atoms with Gasteiger partial charge in [0.05, 0.1) is 0 Å². The summed E-state index contributed by atoms with van der Waals surface area (Å²) in [5, 5.41) is 0. The highest BCUT2D eigenvalue weighted by Crippen LogP contribution is 2.65. The molecule has 0 spiro atoms. The quantitative estimate of drug-likeness (QED) is 0.564. The summed E-state index contributed by atoms with van der Waals surface area (Å²) in [7, 11) is 3.00. The van der Waals surface area contributed by atoms with Crippen LogP contribution in [0, 0.1) is 29.1 Å². The van der Waals surface area contributed by atoms with Gasteiger partial charge in [0.2, 0.25) is 0 Å². The lowest BCUT2D eigenvalue weighted by Gasteiger charge is -2.39. The largest absolute Gasteiger partial charge is 0.137 e. The van der Waals surface area contributed by atoms with Gasteiger partial charge in [-0.05, 0) is 60.9 Å². The van der Waals surface area contributed by atoms with Gasteiger partial charge in [0.25, 0.3) is 0 Å². The summed E-state index contributed by atoms with van der Waals surface area (Å²) >= 11 is 0. The molecule has 0 aromatic rings. The van der Waals surface area contributed by atoms with E-state index in [0.29, 0.717) is 5.41 Å². The van der Waals surface area contributed by atoms with Crippen LogP contribution in [-0.4, -0.2) is 6.16 Å². The Labute approximate surface area is 84.1 Å². The maximum atomic E-state index is 3.00. The fourth-order valence-electron chi connectivity index (χ4n) is 4.80. The van der Waals surface area contributed by atoms with Gasteiger partial charge in [-0.15, -0.1) is 9.24 Å². The second-order valence-electron chi connectivity index (χ2n) is 5.92. The van der Waals surface area contributed by atoms with Crippen LogP contribution < -0.4 is 0 Å². The van der Waals surface area contributed by atoms with Crippen molar-refractivity contribution >= 4 is 9.24 Å². The molecule has 0 N–H and O–H groups in total. The van der Waals surface area contributed by atoms with Gasteiger partial charge < -0.3 is 0 Å². The van der Waals surface area contributed by atoms with E-state index in [-0.39, 0.29) is 0 Å². The highest BCUT2D eigenvalue weighted by atomic mass is 31.0. The molecule has 6 atom stereocenters. The lowest BCUT2D eigenvalue weighted by Crippen LogP contribution is -2.34. The maximum Gasteiger partial charge on any atom is -0.0257 e. The summed E-state index contributed by atoms with van der Waals surface area (Å²) in [6.07, 6.45) is 9.14. The molecule has 0 aliphatic heterocycles. The van der Waals surface area contributed by atoms with E-state index < -0.39 is 0 Å². The molecular formula is C12H21P. The fraction of sp³-hybridized carbons (Fsp3) is 1.00. The van der Waals surface area contributed by atoms with Crippen molar-refractivity contribution in [3.63, 3.8) is 0 Å². The van der Waals surface area contributed by atoms with Crippen molar-refractivity contribution in [1.82, 2.24) is 0 Å². The Morgan fingerprint density at radius 2 is 2.08 bits per heavy atom. The van der Waals surface area contributed by atoms with Crippen LogP contribution in [0.15, 0.2) is 0 Å². The molecule has 0 heterocycles. The van der Waals surface area contributed by atoms with Crippen LogP contribution in [0.25, 0.3) is 0 Å². The first-order valence-electron chi connectivity index (χ1n) is 5.95. The summed E-state index contributed by atoms with van der Waals surface area (Å²) in [5.41, 5.74) is 0.709. The molecule has 3 saturated carbocycles. The SMILES string of the molecule is CC1(CP)CC2CC1C1CCCC21. The topological polar surface area (TPSA) is 0 Å². The molecule has 0 radical (unpaired) electrons. The predicted molar refractivity (Wildman–Crippen MR) is 59.7 cm³/mol. The van der Waals surface area contributed by atoms with Crippen molar-refractivity contribution in [1.29, 1.82) is 0 Å². The van der Waals surface area contributed by atoms with Crippen molar-refractivity contribution in [2.75, 3.05) is 6.16 Å². The molecular weight excluding hydrogens is 175 g/mol. The molecule has 0 aromatic heterocycles. The first kappa shape index (κ1) is 8.72. The average molecular weight is 196 g/mol. The third-order valence-electron chi connectivity index (χ3n) is 5.39. The van der Waals surface area contributed by atoms with Crippen LogP contribution in [0.5, 0.6) is 0 Å². The van der Waals surface area contributed by atoms with E-state index in [1.54, 1.807) is 25.7 Å². The second kappa shape index (κ2) is 2.72. The first-order valence-corrected chi connectivity index (χ1v) is 6.76.